The van der Waals surface area contributed by atoms with Crippen molar-refractivity contribution in [3.05, 3.63) is 43.5 Å². The van der Waals surface area contributed by atoms with Gasteiger partial charge in [-0.2, -0.15) is 0 Å². The molecule has 0 saturated carbocycles. The zero-order valence-electron chi connectivity index (χ0n) is 14.3. The highest BCUT2D eigenvalue weighted by Gasteiger charge is 2.23. The van der Waals surface area contributed by atoms with Gasteiger partial charge in [0.2, 0.25) is 5.78 Å². The molecule has 0 bridgehead atoms. The lowest BCUT2D eigenvalue weighted by Gasteiger charge is -2.08. The molecule has 1 N–H and O–H groups in total. The molecule has 4 aromatic rings. The maximum absolute atomic E-state index is 12.4. The van der Waals surface area contributed by atoms with Gasteiger partial charge < -0.3 is 9.30 Å². The van der Waals surface area contributed by atoms with Gasteiger partial charge in [0.25, 0.3) is 5.56 Å². The molecular weight excluding hydrogens is 404 g/mol. The van der Waals surface area contributed by atoms with E-state index in [0.717, 1.165) is 4.47 Å². The van der Waals surface area contributed by atoms with Crippen LogP contribution < -0.4 is 16.0 Å². The number of H-pyrrole nitrogens is 1. The predicted octanol–water partition coefficient (Wildman–Crippen LogP) is 1.53. The smallest absolute Gasteiger partial charge is 0.329 e. The largest absolute Gasteiger partial charge is 0.496 e. The van der Waals surface area contributed by atoms with E-state index in [0.29, 0.717) is 40.6 Å². The van der Waals surface area contributed by atoms with Crippen LogP contribution in [0.15, 0.2) is 32.3 Å². The Hall–Kier alpha value is -2.88. The standard InChI is InChI=1S/C16H15BrN6O3/c1-4-22-11-13(24)18-16(25)21(2)14(11)23-12(19-20-15(22)23)9-7-8(17)5-6-10(9)26-3/h5-7H,4H2,1-3H3,(H,18,24,25). The zero-order chi connectivity index (χ0) is 18.6. The van der Waals surface area contributed by atoms with E-state index in [-0.39, 0.29) is 0 Å². The third-order valence-electron chi connectivity index (χ3n) is 4.36. The minimum atomic E-state index is -0.501. The number of hydrogen-bond acceptors (Lipinski definition) is 5. The maximum atomic E-state index is 12.4. The first-order valence-electron chi connectivity index (χ1n) is 7.88. The van der Waals surface area contributed by atoms with Gasteiger partial charge in [0, 0.05) is 18.1 Å². The number of nitrogens with zero attached hydrogens (tertiary/aromatic N) is 5. The molecule has 1 aromatic carbocycles. The summed E-state index contributed by atoms with van der Waals surface area (Å²) >= 11 is 3.45. The Morgan fingerprint density at radius 1 is 1.27 bits per heavy atom. The number of hydrogen-bond donors (Lipinski definition) is 1. The maximum Gasteiger partial charge on any atom is 0.329 e. The SMILES string of the molecule is CCn1c2c(=O)[nH]c(=O)n(C)c2n2c(-c3cc(Br)ccc3OC)nnc12. The van der Waals surface area contributed by atoms with Gasteiger partial charge in [-0.3, -0.25) is 14.3 Å². The Bertz CT molecular complexity index is 1280. The van der Waals surface area contributed by atoms with E-state index >= 15 is 0 Å². The molecule has 3 aromatic heterocycles. The fourth-order valence-corrected chi connectivity index (χ4v) is 3.53. The van der Waals surface area contributed by atoms with Crippen molar-refractivity contribution in [2.45, 2.75) is 13.5 Å². The van der Waals surface area contributed by atoms with Crippen LogP contribution in [0.4, 0.5) is 0 Å². The molecule has 0 fully saturated rings. The molecule has 10 heteroatoms. The van der Waals surface area contributed by atoms with Gasteiger partial charge in [0.05, 0.1) is 12.7 Å². The van der Waals surface area contributed by atoms with Crippen molar-refractivity contribution in [3.8, 4) is 17.1 Å². The number of aryl methyl sites for hydroxylation is 2. The molecular formula is C16H15BrN6O3. The molecule has 9 nitrogen and oxygen atoms in total. The number of fused-ring (bicyclic) bond motifs is 3. The molecule has 0 saturated heterocycles. The van der Waals surface area contributed by atoms with E-state index in [1.54, 1.807) is 23.1 Å². The molecule has 0 atom stereocenters. The number of benzene rings is 1. The van der Waals surface area contributed by atoms with Crippen LogP contribution in [-0.2, 0) is 13.6 Å². The summed E-state index contributed by atoms with van der Waals surface area (Å²) in [6.45, 7) is 2.40. The first-order chi connectivity index (χ1) is 12.5. The summed E-state index contributed by atoms with van der Waals surface area (Å²) in [4.78, 5) is 26.9. The van der Waals surface area contributed by atoms with Gasteiger partial charge in [-0.25, -0.2) is 9.20 Å². The third kappa shape index (κ3) is 2.15. The summed E-state index contributed by atoms with van der Waals surface area (Å²) in [5, 5.41) is 8.56. The van der Waals surface area contributed by atoms with Crippen molar-refractivity contribution in [1.29, 1.82) is 0 Å². The third-order valence-corrected chi connectivity index (χ3v) is 4.85. The number of halogens is 1. The second-order valence-corrected chi connectivity index (χ2v) is 6.65. The van der Waals surface area contributed by atoms with Gasteiger partial charge in [-0.05, 0) is 25.1 Å². The molecule has 0 aliphatic rings. The van der Waals surface area contributed by atoms with Crippen molar-refractivity contribution >= 4 is 32.9 Å². The molecule has 134 valence electrons. The van der Waals surface area contributed by atoms with Crippen molar-refractivity contribution in [3.63, 3.8) is 0 Å². The number of ether oxygens (including phenoxy) is 1. The van der Waals surface area contributed by atoms with Crippen LogP contribution in [0.3, 0.4) is 0 Å². The van der Waals surface area contributed by atoms with Crippen LogP contribution in [0, 0.1) is 0 Å². The number of aromatic amines is 1. The molecule has 26 heavy (non-hydrogen) atoms. The average Bonchev–Trinajstić information content (AvgIpc) is 3.17. The van der Waals surface area contributed by atoms with E-state index in [4.69, 9.17) is 4.74 Å². The summed E-state index contributed by atoms with van der Waals surface area (Å²) < 4.78 is 11.1. The topological polar surface area (TPSA) is 99.2 Å². The van der Waals surface area contributed by atoms with Crippen molar-refractivity contribution in [2.24, 2.45) is 7.05 Å². The monoisotopic (exact) mass is 418 g/mol. The molecule has 0 spiro atoms. The highest BCUT2D eigenvalue weighted by molar-refractivity contribution is 9.10. The minimum absolute atomic E-state index is 0.370. The van der Waals surface area contributed by atoms with E-state index < -0.39 is 11.2 Å². The lowest BCUT2D eigenvalue weighted by atomic mass is 10.2. The van der Waals surface area contributed by atoms with Gasteiger partial charge >= 0.3 is 5.69 Å². The lowest BCUT2D eigenvalue weighted by Crippen LogP contribution is -2.29. The van der Waals surface area contributed by atoms with Crippen LogP contribution in [0.2, 0.25) is 0 Å². The minimum Gasteiger partial charge on any atom is -0.496 e. The normalized spacial score (nSPS) is 11.5. The van der Waals surface area contributed by atoms with Gasteiger partial charge in [0.1, 0.15) is 5.75 Å². The van der Waals surface area contributed by atoms with Gasteiger partial charge in [-0.15, -0.1) is 10.2 Å². The van der Waals surface area contributed by atoms with E-state index in [1.807, 2.05) is 25.1 Å². The van der Waals surface area contributed by atoms with E-state index in [9.17, 15) is 9.59 Å². The molecule has 4 rings (SSSR count). The summed E-state index contributed by atoms with van der Waals surface area (Å²) in [6.07, 6.45) is 0. The summed E-state index contributed by atoms with van der Waals surface area (Å²) in [5.74, 6) is 1.57. The first kappa shape index (κ1) is 16.6. The zero-order valence-corrected chi connectivity index (χ0v) is 15.9. The quantitative estimate of drug-likeness (QED) is 0.543. The Morgan fingerprint density at radius 3 is 2.73 bits per heavy atom. The first-order valence-corrected chi connectivity index (χ1v) is 8.67. The summed E-state index contributed by atoms with van der Waals surface area (Å²) in [7, 11) is 3.17. The summed E-state index contributed by atoms with van der Waals surface area (Å²) in [5.41, 5.74) is 0.533. The Labute approximate surface area is 155 Å². The molecule has 0 unspecified atom stereocenters. The van der Waals surface area contributed by atoms with Crippen molar-refractivity contribution in [1.82, 2.24) is 28.7 Å². The van der Waals surface area contributed by atoms with E-state index in [1.165, 1.54) is 4.57 Å². The Balaban J connectivity index is 2.25. The molecule has 0 aliphatic heterocycles. The molecule has 0 radical (unpaired) electrons. The van der Waals surface area contributed by atoms with Crippen molar-refractivity contribution in [2.75, 3.05) is 7.11 Å². The molecule has 0 aliphatic carbocycles. The number of imidazole rings is 1. The van der Waals surface area contributed by atoms with Crippen LogP contribution in [0.1, 0.15) is 6.92 Å². The highest BCUT2D eigenvalue weighted by Crippen LogP contribution is 2.33. The van der Waals surface area contributed by atoms with Crippen LogP contribution in [0.5, 0.6) is 5.75 Å². The molecule has 0 amide bonds. The van der Waals surface area contributed by atoms with Crippen molar-refractivity contribution < 1.29 is 4.74 Å². The fraction of sp³-hybridized carbons (Fsp3) is 0.250. The Kier molecular flexibility index (Phi) is 3.72. The van der Waals surface area contributed by atoms with E-state index in [2.05, 4.69) is 31.1 Å². The highest BCUT2D eigenvalue weighted by atomic mass is 79.9. The predicted molar refractivity (Wildman–Crippen MR) is 99.7 cm³/mol. The molecule has 3 heterocycles. The van der Waals surface area contributed by atoms with Crippen LogP contribution in [0.25, 0.3) is 28.3 Å². The number of rotatable bonds is 3. The number of aromatic nitrogens is 6. The number of nitrogens with one attached hydrogen (secondary N) is 1. The van der Waals surface area contributed by atoms with Gasteiger partial charge in [0.15, 0.2) is 17.0 Å². The second-order valence-electron chi connectivity index (χ2n) is 5.74. The fourth-order valence-electron chi connectivity index (χ4n) is 3.17. The summed E-state index contributed by atoms with van der Waals surface area (Å²) in [6, 6.07) is 5.53. The average molecular weight is 419 g/mol. The lowest BCUT2D eigenvalue weighted by molar-refractivity contribution is 0.416. The Morgan fingerprint density at radius 2 is 2.04 bits per heavy atom. The second kappa shape index (κ2) is 5.84. The number of methoxy groups -OCH3 is 1. The van der Waals surface area contributed by atoms with Crippen LogP contribution in [-0.4, -0.2) is 35.8 Å². The van der Waals surface area contributed by atoms with Crippen LogP contribution >= 0.6 is 15.9 Å². The van der Waals surface area contributed by atoms with Gasteiger partial charge in [-0.1, -0.05) is 15.9 Å².